The van der Waals surface area contributed by atoms with E-state index in [4.69, 9.17) is 16.7 Å². The van der Waals surface area contributed by atoms with Gasteiger partial charge in [0.25, 0.3) is 0 Å². The van der Waals surface area contributed by atoms with Crippen LogP contribution in [0.25, 0.3) is 0 Å². The van der Waals surface area contributed by atoms with Crippen LogP contribution in [0.1, 0.15) is 12.2 Å². The molecule has 2 rings (SSSR count). The molecule has 1 aliphatic rings. The number of halogens is 1. The molecule has 1 atom stereocenters. The normalized spacial score (nSPS) is 21.2. The molecule has 5 nitrogen and oxygen atoms in total. The average molecular weight is 202 g/mol. The van der Waals surface area contributed by atoms with Crippen molar-refractivity contribution < 1.29 is 9.90 Å². The molecule has 0 radical (unpaired) electrons. The number of aliphatic carboxylic acids is 1. The van der Waals surface area contributed by atoms with Gasteiger partial charge in [-0.2, -0.15) is 0 Å². The average Bonchev–Trinajstić information content (AvgIpc) is 2.42. The second-order valence-corrected chi connectivity index (χ2v) is 3.39. The van der Waals surface area contributed by atoms with Crippen LogP contribution >= 0.6 is 11.6 Å². The van der Waals surface area contributed by atoms with E-state index in [1.165, 1.54) is 0 Å². The summed E-state index contributed by atoms with van der Waals surface area (Å²) in [5.74, 6) is -0.443. The summed E-state index contributed by atoms with van der Waals surface area (Å²) < 4.78 is 1.67. The first-order valence-corrected chi connectivity index (χ1v) is 4.36. The fourth-order valence-corrected chi connectivity index (χ4v) is 1.67. The maximum atomic E-state index is 10.7. The Morgan fingerprint density at radius 2 is 2.46 bits per heavy atom. The number of hydrogen-bond acceptors (Lipinski definition) is 3. The number of aromatic nitrogens is 3. The highest BCUT2D eigenvalue weighted by atomic mass is 35.5. The van der Waals surface area contributed by atoms with Crippen molar-refractivity contribution in [2.75, 3.05) is 0 Å². The van der Waals surface area contributed by atoms with Crippen LogP contribution in [0.5, 0.6) is 0 Å². The molecular formula is C7H8ClN3O2. The molecule has 1 unspecified atom stereocenters. The summed E-state index contributed by atoms with van der Waals surface area (Å²) in [4.78, 5) is 14.6. The molecule has 70 valence electrons. The number of hydrogen-bond donors (Lipinski definition) is 1. The van der Waals surface area contributed by atoms with Gasteiger partial charge in [0, 0.05) is 13.0 Å². The van der Waals surface area contributed by atoms with Gasteiger partial charge in [-0.1, -0.05) is 0 Å². The largest absolute Gasteiger partial charge is 0.481 e. The fourth-order valence-electron chi connectivity index (χ4n) is 1.49. The Labute approximate surface area is 79.3 Å². The zero-order valence-corrected chi connectivity index (χ0v) is 7.53. The van der Waals surface area contributed by atoms with Crippen molar-refractivity contribution in [1.82, 2.24) is 14.8 Å². The summed E-state index contributed by atoms with van der Waals surface area (Å²) in [6, 6.07) is 0. The van der Waals surface area contributed by atoms with Gasteiger partial charge in [0.05, 0.1) is 5.92 Å². The van der Waals surface area contributed by atoms with Gasteiger partial charge in [0.1, 0.15) is 5.82 Å². The Kier molecular flexibility index (Phi) is 1.95. The van der Waals surface area contributed by atoms with Crippen molar-refractivity contribution in [3.63, 3.8) is 0 Å². The highest BCUT2D eigenvalue weighted by molar-refractivity contribution is 6.28. The van der Waals surface area contributed by atoms with E-state index in [0.29, 0.717) is 25.2 Å². The van der Waals surface area contributed by atoms with E-state index in [2.05, 4.69) is 10.1 Å². The first kappa shape index (κ1) is 8.50. The van der Waals surface area contributed by atoms with Crippen molar-refractivity contribution in [2.45, 2.75) is 19.4 Å². The van der Waals surface area contributed by atoms with E-state index in [0.717, 1.165) is 0 Å². The minimum atomic E-state index is -0.773. The van der Waals surface area contributed by atoms with Crippen LogP contribution in [-0.4, -0.2) is 25.8 Å². The Hall–Kier alpha value is -1.10. The predicted molar refractivity (Wildman–Crippen MR) is 44.5 cm³/mol. The minimum absolute atomic E-state index is 0.195. The lowest BCUT2D eigenvalue weighted by molar-refractivity contribution is -0.142. The molecule has 1 aliphatic heterocycles. The van der Waals surface area contributed by atoms with Crippen LogP contribution in [0.4, 0.5) is 0 Å². The molecule has 0 saturated carbocycles. The third kappa shape index (κ3) is 1.51. The van der Waals surface area contributed by atoms with Crippen molar-refractivity contribution in [3.05, 3.63) is 11.1 Å². The molecule has 1 N–H and O–H groups in total. The van der Waals surface area contributed by atoms with Gasteiger partial charge >= 0.3 is 5.97 Å². The highest BCUT2D eigenvalue weighted by Crippen LogP contribution is 2.19. The maximum absolute atomic E-state index is 10.7. The number of aryl methyl sites for hydroxylation is 1. The SMILES string of the molecule is O=C(O)C1CCn2nc(Cl)nc2C1. The van der Waals surface area contributed by atoms with Gasteiger partial charge in [0.2, 0.25) is 5.28 Å². The molecule has 0 saturated heterocycles. The predicted octanol–water partition coefficient (Wildman–Crippen LogP) is 0.579. The van der Waals surface area contributed by atoms with Gasteiger partial charge in [-0.05, 0) is 18.0 Å². The monoisotopic (exact) mass is 201 g/mol. The Bertz CT molecular complexity index is 350. The summed E-state index contributed by atoms with van der Waals surface area (Å²) in [6.45, 7) is 0.589. The smallest absolute Gasteiger partial charge is 0.307 e. The van der Waals surface area contributed by atoms with Crippen LogP contribution in [0, 0.1) is 5.92 Å². The van der Waals surface area contributed by atoms with Gasteiger partial charge < -0.3 is 5.11 Å². The summed E-state index contributed by atoms with van der Waals surface area (Å²) in [6.07, 6.45) is 1.02. The second kappa shape index (κ2) is 2.99. The van der Waals surface area contributed by atoms with Crippen molar-refractivity contribution in [2.24, 2.45) is 5.92 Å². The molecule has 1 aromatic rings. The number of carboxylic acid groups (broad SMARTS) is 1. The molecule has 0 bridgehead atoms. The molecule has 6 heteroatoms. The number of fused-ring (bicyclic) bond motifs is 1. The van der Waals surface area contributed by atoms with E-state index < -0.39 is 5.97 Å². The van der Waals surface area contributed by atoms with E-state index >= 15 is 0 Å². The lowest BCUT2D eigenvalue weighted by Crippen LogP contribution is -2.26. The Morgan fingerprint density at radius 1 is 1.69 bits per heavy atom. The van der Waals surface area contributed by atoms with E-state index in [1.54, 1.807) is 4.68 Å². The third-order valence-corrected chi connectivity index (χ3v) is 2.35. The first-order chi connectivity index (χ1) is 6.16. The molecule has 13 heavy (non-hydrogen) atoms. The van der Waals surface area contributed by atoms with Crippen molar-refractivity contribution in [3.8, 4) is 0 Å². The summed E-state index contributed by atoms with van der Waals surface area (Å²) in [5.41, 5.74) is 0. The Balaban J connectivity index is 2.24. The Morgan fingerprint density at radius 3 is 3.15 bits per heavy atom. The molecule has 0 amide bonds. The molecule has 1 aromatic heterocycles. The molecule has 0 spiro atoms. The van der Waals surface area contributed by atoms with Crippen molar-refractivity contribution >= 4 is 17.6 Å². The highest BCUT2D eigenvalue weighted by Gasteiger charge is 2.26. The lowest BCUT2D eigenvalue weighted by atomic mass is 9.99. The number of carbonyl (C=O) groups is 1. The van der Waals surface area contributed by atoms with Crippen LogP contribution in [0.3, 0.4) is 0 Å². The summed E-state index contributed by atoms with van der Waals surface area (Å²) in [7, 11) is 0. The van der Waals surface area contributed by atoms with E-state index in [1.807, 2.05) is 0 Å². The quantitative estimate of drug-likeness (QED) is 0.722. The zero-order valence-electron chi connectivity index (χ0n) is 6.77. The van der Waals surface area contributed by atoms with Gasteiger partial charge in [-0.25, -0.2) is 9.67 Å². The second-order valence-electron chi connectivity index (χ2n) is 3.05. The minimum Gasteiger partial charge on any atom is -0.481 e. The molecule has 0 aliphatic carbocycles. The standard InChI is InChI=1S/C7H8ClN3O2/c8-7-9-5-3-4(6(12)13)1-2-11(5)10-7/h4H,1-3H2,(H,12,13). The van der Waals surface area contributed by atoms with Crippen LogP contribution in [0.2, 0.25) is 5.28 Å². The van der Waals surface area contributed by atoms with E-state index in [9.17, 15) is 4.79 Å². The zero-order chi connectivity index (χ0) is 9.42. The topological polar surface area (TPSA) is 68.0 Å². The van der Waals surface area contributed by atoms with Crippen LogP contribution in [-0.2, 0) is 17.8 Å². The lowest BCUT2D eigenvalue weighted by Gasteiger charge is -2.17. The van der Waals surface area contributed by atoms with Gasteiger partial charge in [0.15, 0.2) is 0 Å². The number of rotatable bonds is 1. The number of nitrogens with zero attached hydrogens (tertiary/aromatic N) is 3. The first-order valence-electron chi connectivity index (χ1n) is 3.99. The maximum Gasteiger partial charge on any atom is 0.307 e. The van der Waals surface area contributed by atoms with Crippen molar-refractivity contribution in [1.29, 1.82) is 0 Å². The molecule has 2 heterocycles. The summed E-state index contributed by atoms with van der Waals surface area (Å²) in [5, 5.41) is 12.9. The molecule has 0 fully saturated rings. The molecule has 0 aromatic carbocycles. The van der Waals surface area contributed by atoms with Crippen LogP contribution < -0.4 is 0 Å². The summed E-state index contributed by atoms with van der Waals surface area (Å²) >= 11 is 5.59. The number of carboxylic acids is 1. The fraction of sp³-hybridized carbons (Fsp3) is 0.571. The van der Waals surface area contributed by atoms with Gasteiger partial charge in [-0.3, -0.25) is 4.79 Å². The van der Waals surface area contributed by atoms with Crippen LogP contribution in [0.15, 0.2) is 0 Å². The third-order valence-electron chi connectivity index (χ3n) is 2.19. The van der Waals surface area contributed by atoms with Gasteiger partial charge in [-0.15, -0.1) is 5.10 Å². The van der Waals surface area contributed by atoms with E-state index in [-0.39, 0.29) is 11.2 Å². The molecular weight excluding hydrogens is 194 g/mol.